The van der Waals surface area contributed by atoms with Crippen molar-refractivity contribution in [3.63, 3.8) is 0 Å². The molecule has 5 heteroatoms. The van der Waals surface area contributed by atoms with Crippen LogP contribution in [0.1, 0.15) is 36.7 Å². The largest absolute Gasteiger partial charge is 0.290 e. The third kappa shape index (κ3) is 3.00. The van der Waals surface area contributed by atoms with Crippen LogP contribution in [0.5, 0.6) is 0 Å². The summed E-state index contributed by atoms with van der Waals surface area (Å²) in [6, 6.07) is 2.98. The second-order valence-corrected chi connectivity index (χ2v) is 7.03. The van der Waals surface area contributed by atoms with Gasteiger partial charge in [0.25, 0.3) is 0 Å². The van der Waals surface area contributed by atoms with Crippen LogP contribution in [0, 0.1) is 0 Å². The lowest BCUT2D eigenvalue weighted by Gasteiger charge is -2.21. The lowest BCUT2D eigenvalue weighted by atomic mass is 10.2. The van der Waals surface area contributed by atoms with Crippen molar-refractivity contribution in [1.82, 2.24) is 14.7 Å². The highest BCUT2D eigenvalue weighted by Gasteiger charge is 2.30. The predicted octanol–water partition coefficient (Wildman–Crippen LogP) is 3.97. The molecule has 0 atom stereocenters. The molecular weight excluding hydrogens is 334 g/mol. The Morgan fingerprint density at radius 1 is 1.45 bits per heavy atom. The molecule has 1 saturated carbocycles. The van der Waals surface area contributed by atoms with Gasteiger partial charge >= 0.3 is 0 Å². The van der Waals surface area contributed by atoms with Gasteiger partial charge in [0.2, 0.25) is 0 Å². The second-order valence-electron chi connectivity index (χ2n) is 5.45. The van der Waals surface area contributed by atoms with Crippen LogP contribution in [-0.2, 0) is 26.6 Å². The van der Waals surface area contributed by atoms with Crippen LogP contribution < -0.4 is 0 Å². The number of aryl methyl sites for hydroxylation is 2. The SMILES string of the molecule is CCc1nn(C)c(CN(Cc2ccsc2)C2CC2)c1Br. The molecule has 0 aromatic carbocycles. The van der Waals surface area contributed by atoms with Gasteiger partial charge < -0.3 is 0 Å². The van der Waals surface area contributed by atoms with Gasteiger partial charge in [-0.3, -0.25) is 9.58 Å². The number of halogens is 1. The van der Waals surface area contributed by atoms with Gasteiger partial charge in [0.05, 0.1) is 15.9 Å². The Labute approximate surface area is 132 Å². The summed E-state index contributed by atoms with van der Waals surface area (Å²) in [6.45, 7) is 4.18. The average Bonchev–Trinajstić information content (AvgIpc) is 3.10. The summed E-state index contributed by atoms with van der Waals surface area (Å²) in [6.07, 6.45) is 3.64. The van der Waals surface area contributed by atoms with Crippen molar-refractivity contribution in [2.24, 2.45) is 7.05 Å². The topological polar surface area (TPSA) is 21.1 Å². The van der Waals surface area contributed by atoms with Crippen LogP contribution in [0.4, 0.5) is 0 Å². The molecule has 0 amide bonds. The quantitative estimate of drug-likeness (QED) is 0.783. The molecule has 0 aliphatic heterocycles. The number of hydrogen-bond donors (Lipinski definition) is 0. The summed E-state index contributed by atoms with van der Waals surface area (Å²) in [4.78, 5) is 2.59. The predicted molar refractivity (Wildman–Crippen MR) is 86.9 cm³/mol. The molecule has 3 nitrogen and oxygen atoms in total. The second kappa shape index (κ2) is 6.00. The third-order valence-electron chi connectivity index (χ3n) is 3.88. The van der Waals surface area contributed by atoms with Gasteiger partial charge in [-0.2, -0.15) is 16.4 Å². The normalized spacial score (nSPS) is 15.2. The fourth-order valence-electron chi connectivity index (χ4n) is 2.55. The van der Waals surface area contributed by atoms with Gasteiger partial charge in [0.1, 0.15) is 0 Å². The number of thiophene rings is 1. The van der Waals surface area contributed by atoms with Gasteiger partial charge in [-0.05, 0) is 57.6 Å². The minimum Gasteiger partial charge on any atom is -0.290 e. The summed E-state index contributed by atoms with van der Waals surface area (Å²) in [7, 11) is 2.05. The highest BCUT2D eigenvalue weighted by Crippen LogP contribution is 2.32. The van der Waals surface area contributed by atoms with E-state index >= 15 is 0 Å². The van der Waals surface area contributed by atoms with E-state index in [0.717, 1.165) is 31.2 Å². The summed E-state index contributed by atoms with van der Waals surface area (Å²) >= 11 is 5.51. The van der Waals surface area contributed by atoms with E-state index in [-0.39, 0.29) is 0 Å². The van der Waals surface area contributed by atoms with Crippen LogP contribution in [0.2, 0.25) is 0 Å². The van der Waals surface area contributed by atoms with E-state index in [2.05, 4.69) is 56.7 Å². The molecule has 2 aromatic heterocycles. The van der Waals surface area contributed by atoms with Crippen molar-refractivity contribution >= 4 is 27.3 Å². The van der Waals surface area contributed by atoms with Crippen molar-refractivity contribution in [1.29, 1.82) is 0 Å². The molecule has 0 radical (unpaired) electrons. The minimum atomic E-state index is 0.752. The maximum absolute atomic E-state index is 4.60. The highest BCUT2D eigenvalue weighted by molar-refractivity contribution is 9.10. The summed E-state index contributed by atoms with van der Waals surface area (Å²) in [5, 5.41) is 9.02. The maximum Gasteiger partial charge on any atom is 0.0767 e. The van der Waals surface area contributed by atoms with E-state index < -0.39 is 0 Å². The van der Waals surface area contributed by atoms with Gasteiger partial charge in [-0.15, -0.1) is 0 Å². The van der Waals surface area contributed by atoms with E-state index in [0.29, 0.717) is 0 Å². The molecule has 0 N–H and O–H groups in total. The molecular formula is C15H20BrN3S. The van der Waals surface area contributed by atoms with Gasteiger partial charge in [-0.1, -0.05) is 6.92 Å². The standard InChI is InChI=1S/C15H20BrN3S/c1-3-13-15(16)14(18(2)17-13)9-19(12-4-5-12)8-11-6-7-20-10-11/h6-7,10,12H,3-5,8-9H2,1-2H3. The average molecular weight is 354 g/mol. The van der Waals surface area contributed by atoms with Gasteiger partial charge in [0.15, 0.2) is 0 Å². The summed E-state index contributed by atoms with van der Waals surface area (Å²) in [5.41, 5.74) is 3.88. The van der Waals surface area contributed by atoms with Crippen molar-refractivity contribution in [3.8, 4) is 0 Å². The van der Waals surface area contributed by atoms with Crippen molar-refractivity contribution in [2.75, 3.05) is 0 Å². The first-order valence-corrected chi connectivity index (χ1v) is 8.88. The molecule has 108 valence electrons. The molecule has 2 aromatic rings. The molecule has 20 heavy (non-hydrogen) atoms. The van der Waals surface area contributed by atoms with Crippen LogP contribution in [0.3, 0.4) is 0 Å². The number of rotatable bonds is 6. The maximum atomic E-state index is 4.60. The highest BCUT2D eigenvalue weighted by atomic mass is 79.9. The monoisotopic (exact) mass is 353 g/mol. The number of hydrogen-bond acceptors (Lipinski definition) is 3. The van der Waals surface area contributed by atoms with Crippen LogP contribution in [0.15, 0.2) is 21.3 Å². The lowest BCUT2D eigenvalue weighted by Crippen LogP contribution is -2.26. The summed E-state index contributed by atoms with van der Waals surface area (Å²) in [5.74, 6) is 0. The first kappa shape index (κ1) is 14.3. The first-order chi connectivity index (χ1) is 9.69. The Kier molecular flexibility index (Phi) is 4.29. The molecule has 0 spiro atoms. The molecule has 1 aliphatic carbocycles. The number of nitrogens with zero attached hydrogens (tertiary/aromatic N) is 3. The molecule has 0 bridgehead atoms. The zero-order valence-electron chi connectivity index (χ0n) is 12.0. The zero-order chi connectivity index (χ0) is 14.1. The molecule has 2 heterocycles. The minimum absolute atomic E-state index is 0.752. The van der Waals surface area contributed by atoms with Crippen LogP contribution in [0.25, 0.3) is 0 Å². The fraction of sp³-hybridized carbons (Fsp3) is 0.533. The molecule has 3 rings (SSSR count). The van der Waals surface area contributed by atoms with E-state index in [1.54, 1.807) is 11.3 Å². The van der Waals surface area contributed by atoms with Crippen molar-refractivity contribution in [3.05, 3.63) is 38.3 Å². The van der Waals surface area contributed by atoms with Crippen molar-refractivity contribution < 1.29 is 0 Å². The van der Waals surface area contributed by atoms with Crippen LogP contribution in [-0.4, -0.2) is 20.7 Å². The lowest BCUT2D eigenvalue weighted by molar-refractivity contribution is 0.239. The fourth-order valence-corrected chi connectivity index (χ4v) is 3.96. The number of aromatic nitrogens is 2. The smallest absolute Gasteiger partial charge is 0.0767 e. The van der Waals surface area contributed by atoms with Gasteiger partial charge in [-0.25, -0.2) is 0 Å². The molecule has 0 unspecified atom stereocenters. The Hall–Kier alpha value is -0.650. The molecule has 1 aliphatic rings. The van der Waals surface area contributed by atoms with E-state index in [1.807, 2.05) is 4.68 Å². The Morgan fingerprint density at radius 2 is 2.25 bits per heavy atom. The van der Waals surface area contributed by atoms with E-state index in [9.17, 15) is 0 Å². The van der Waals surface area contributed by atoms with Gasteiger partial charge in [0, 0.05) is 26.2 Å². The van der Waals surface area contributed by atoms with Crippen molar-refractivity contribution in [2.45, 2.75) is 45.3 Å². The summed E-state index contributed by atoms with van der Waals surface area (Å²) < 4.78 is 3.23. The van der Waals surface area contributed by atoms with E-state index in [4.69, 9.17) is 0 Å². The first-order valence-electron chi connectivity index (χ1n) is 7.14. The Morgan fingerprint density at radius 3 is 2.80 bits per heavy atom. The Balaban J connectivity index is 1.78. The molecule has 1 fully saturated rings. The Bertz CT molecular complexity index is 572. The van der Waals surface area contributed by atoms with Crippen LogP contribution >= 0.6 is 27.3 Å². The molecule has 0 saturated heterocycles. The third-order valence-corrected chi connectivity index (χ3v) is 5.53. The zero-order valence-corrected chi connectivity index (χ0v) is 14.4. The van der Waals surface area contributed by atoms with E-state index in [1.165, 1.54) is 28.6 Å².